The van der Waals surface area contributed by atoms with Crippen molar-refractivity contribution < 1.29 is 4.21 Å². The molecule has 0 saturated carbocycles. The summed E-state index contributed by atoms with van der Waals surface area (Å²) >= 11 is 0. The van der Waals surface area contributed by atoms with Crippen molar-refractivity contribution in [2.45, 2.75) is 24.4 Å². The number of pyridine rings is 1. The first-order valence-electron chi connectivity index (χ1n) is 7.28. The summed E-state index contributed by atoms with van der Waals surface area (Å²) in [7, 11) is -1.24. The van der Waals surface area contributed by atoms with E-state index >= 15 is 0 Å². The monoisotopic (exact) mass is 326 g/mol. The highest BCUT2D eigenvalue weighted by Gasteiger charge is 2.23. The number of fused-ring (bicyclic) bond motifs is 1. The first-order chi connectivity index (χ1) is 11.2. The molecule has 3 heterocycles. The Morgan fingerprint density at radius 3 is 2.78 bits per heavy atom. The SMILES string of the molecule is C[S@](=O)c1nncn1-c1nc(-c2ccncc2)nc2c1CCC2. The molecule has 0 radical (unpaired) electrons. The van der Waals surface area contributed by atoms with Crippen LogP contribution in [0.25, 0.3) is 17.2 Å². The Labute approximate surface area is 135 Å². The zero-order valence-corrected chi connectivity index (χ0v) is 13.3. The Kier molecular flexibility index (Phi) is 3.45. The Balaban J connectivity index is 1.94. The first-order valence-corrected chi connectivity index (χ1v) is 8.84. The number of aryl methyl sites for hydroxylation is 1. The van der Waals surface area contributed by atoms with Crippen molar-refractivity contribution in [3.05, 3.63) is 42.1 Å². The molecule has 7 nitrogen and oxygen atoms in total. The Hall–Kier alpha value is -2.48. The van der Waals surface area contributed by atoms with Crippen LogP contribution < -0.4 is 0 Å². The highest BCUT2D eigenvalue weighted by Crippen LogP contribution is 2.28. The summed E-state index contributed by atoms with van der Waals surface area (Å²) in [6.45, 7) is 0. The zero-order chi connectivity index (χ0) is 15.8. The Morgan fingerprint density at radius 2 is 2.00 bits per heavy atom. The second-order valence-corrected chi connectivity index (χ2v) is 6.60. The van der Waals surface area contributed by atoms with E-state index in [0.29, 0.717) is 11.0 Å². The highest BCUT2D eigenvalue weighted by atomic mass is 32.2. The van der Waals surface area contributed by atoms with Crippen LogP contribution in [0, 0.1) is 0 Å². The quantitative estimate of drug-likeness (QED) is 0.722. The van der Waals surface area contributed by atoms with E-state index in [1.807, 2.05) is 12.1 Å². The lowest BCUT2D eigenvalue weighted by Gasteiger charge is -2.11. The van der Waals surface area contributed by atoms with Gasteiger partial charge in [0.2, 0.25) is 5.16 Å². The fourth-order valence-electron chi connectivity index (χ4n) is 2.81. The van der Waals surface area contributed by atoms with E-state index in [1.165, 1.54) is 0 Å². The van der Waals surface area contributed by atoms with Crippen molar-refractivity contribution >= 4 is 10.8 Å². The van der Waals surface area contributed by atoms with Crippen molar-refractivity contribution in [2.24, 2.45) is 0 Å². The van der Waals surface area contributed by atoms with E-state index < -0.39 is 10.8 Å². The predicted octanol–water partition coefficient (Wildman–Crippen LogP) is 1.35. The molecular weight excluding hydrogens is 312 g/mol. The molecule has 23 heavy (non-hydrogen) atoms. The number of aromatic nitrogens is 6. The average molecular weight is 326 g/mol. The highest BCUT2D eigenvalue weighted by molar-refractivity contribution is 7.84. The smallest absolute Gasteiger partial charge is 0.226 e. The van der Waals surface area contributed by atoms with Crippen LogP contribution in [-0.2, 0) is 23.6 Å². The average Bonchev–Trinajstić information content (AvgIpc) is 3.23. The van der Waals surface area contributed by atoms with E-state index in [4.69, 9.17) is 9.97 Å². The molecule has 0 saturated heterocycles. The molecule has 0 fully saturated rings. The molecule has 0 N–H and O–H groups in total. The molecule has 3 aromatic rings. The largest absolute Gasteiger partial charge is 0.265 e. The van der Waals surface area contributed by atoms with Gasteiger partial charge < -0.3 is 0 Å². The van der Waals surface area contributed by atoms with Crippen LogP contribution in [0.3, 0.4) is 0 Å². The van der Waals surface area contributed by atoms with Gasteiger partial charge in [-0.2, -0.15) is 0 Å². The molecule has 1 atom stereocenters. The second kappa shape index (κ2) is 5.62. The molecular formula is C15H14N6OS. The number of nitrogens with zero attached hydrogens (tertiary/aromatic N) is 6. The topological polar surface area (TPSA) is 86.5 Å². The van der Waals surface area contributed by atoms with Gasteiger partial charge in [0, 0.05) is 35.5 Å². The lowest BCUT2D eigenvalue weighted by atomic mass is 10.2. The van der Waals surface area contributed by atoms with Crippen molar-refractivity contribution in [1.82, 2.24) is 29.7 Å². The zero-order valence-electron chi connectivity index (χ0n) is 12.5. The van der Waals surface area contributed by atoms with Crippen molar-refractivity contribution in [3.63, 3.8) is 0 Å². The third-order valence-electron chi connectivity index (χ3n) is 3.85. The molecule has 116 valence electrons. The van der Waals surface area contributed by atoms with Gasteiger partial charge >= 0.3 is 0 Å². The van der Waals surface area contributed by atoms with E-state index in [1.54, 1.807) is 29.5 Å². The van der Waals surface area contributed by atoms with Gasteiger partial charge in [0.1, 0.15) is 12.1 Å². The molecule has 4 rings (SSSR count). The van der Waals surface area contributed by atoms with Crippen molar-refractivity contribution in [2.75, 3.05) is 6.26 Å². The van der Waals surface area contributed by atoms with E-state index in [0.717, 1.165) is 41.9 Å². The minimum atomic E-state index is -1.24. The minimum Gasteiger partial charge on any atom is -0.265 e. The van der Waals surface area contributed by atoms with Crippen LogP contribution in [0.5, 0.6) is 0 Å². The first kappa shape index (κ1) is 14.1. The molecule has 1 aliphatic carbocycles. The summed E-state index contributed by atoms with van der Waals surface area (Å²) < 4.78 is 13.6. The molecule has 0 unspecified atom stereocenters. The summed E-state index contributed by atoms with van der Waals surface area (Å²) in [6, 6.07) is 3.76. The molecule has 0 spiro atoms. The molecule has 0 amide bonds. The van der Waals surface area contributed by atoms with Gasteiger partial charge in [-0.3, -0.25) is 13.8 Å². The summed E-state index contributed by atoms with van der Waals surface area (Å²) in [5.41, 5.74) is 3.04. The van der Waals surface area contributed by atoms with Crippen LogP contribution in [-0.4, -0.2) is 40.2 Å². The predicted molar refractivity (Wildman–Crippen MR) is 84.5 cm³/mol. The van der Waals surface area contributed by atoms with E-state index in [9.17, 15) is 4.21 Å². The van der Waals surface area contributed by atoms with E-state index in [-0.39, 0.29) is 0 Å². The van der Waals surface area contributed by atoms with Crippen molar-refractivity contribution in [1.29, 1.82) is 0 Å². The molecule has 8 heteroatoms. The second-order valence-electron chi connectivity index (χ2n) is 5.32. The fraction of sp³-hybridized carbons (Fsp3) is 0.267. The number of hydrogen-bond acceptors (Lipinski definition) is 6. The molecule has 0 aliphatic heterocycles. The lowest BCUT2D eigenvalue weighted by molar-refractivity contribution is 0.674. The van der Waals surface area contributed by atoms with Crippen molar-refractivity contribution in [3.8, 4) is 17.2 Å². The summed E-state index contributed by atoms with van der Waals surface area (Å²) in [6.07, 6.45) is 9.47. The van der Waals surface area contributed by atoms with Gasteiger partial charge in [-0.05, 0) is 31.4 Å². The fourth-order valence-corrected chi connectivity index (χ4v) is 3.38. The summed E-state index contributed by atoms with van der Waals surface area (Å²) in [5, 5.41) is 8.26. The molecule has 0 bridgehead atoms. The maximum Gasteiger partial charge on any atom is 0.226 e. The van der Waals surface area contributed by atoms with Crippen LogP contribution in [0.1, 0.15) is 17.7 Å². The van der Waals surface area contributed by atoms with Gasteiger partial charge in [0.05, 0.1) is 10.8 Å². The Bertz CT molecular complexity index is 892. The third-order valence-corrected chi connectivity index (χ3v) is 4.64. The summed E-state index contributed by atoms with van der Waals surface area (Å²) in [5.74, 6) is 1.37. The van der Waals surface area contributed by atoms with Gasteiger partial charge in [0.15, 0.2) is 5.82 Å². The maximum atomic E-state index is 11.9. The molecule has 1 aliphatic rings. The van der Waals surface area contributed by atoms with Gasteiger partial charge in [-0.1, -0.05) is 0 Å². The number of hydrogen-bond donors (Lipinski definition) is 0. The normalized spacial score (nSPS) is 14.7. The van der Waals surface area contributed by atoms with Crippen LogP contribution >= 0.6 is 0 Å². The van der Waals surface area contributed by atoms with E-state index in [2.05, 4.69) is 15.2 Å². The van der Waals surface area contributed by atoms with Crippen LogP contribution in [0.4, 0.5) is 0 Å². The standard InChI is InChI=1S/C15H14N6OS/c1-23(22)15-20-17-9-21(15)14-11-3-2-4-12(11)18-13(19-14)10-5-7-16-8-6-10/h5-9H,2-4H2,1H3/t23-/m0/s1. The Morgan fingerprint density at radius 1 is 1.17 bits per heavy atom. The van der Waals surface area contributed by atoms with Gasteiger partial charge in [-0.25, -0.2) is 9.97 Å². The third kappa shape index (κ3) is 2.44. The number of rotatable bonds is 3. The van der Waals surface area contributed by atoms with Crippen LogP contribution in [0.15, 0.2) is 36.0 Å². The minimum absolute atomic E-state index is 0.401. The molecule has 3 aromatic heterocycles. The summed E-state index contributed by atoms with van der Waals surface area (Å²) in [4.78, 5) is 13.4. The molecule has 0 aromatic carbocycles. The van der Waals surface area contributed by atoms with Gasteiger partial charge in [0.25, 0.3) is 0 Å². The maximum absolute atomic E-state index is 11.9. The van der Waals surface area contributed by atoms with Crippen LogP contribution in [0.2, 0.25) is 0 Å². The van der Waals surface area contributed by atoms with Gasteiger partial charge in [-0.15, -0.1) is 10.2 Å². The lowest BCUT2D eigenvalue weighted by Crippen LogP contribution is -2.09.